The van der Waals surface area contributed by atoms with Gasteiger partial charge < -0.3 is 19.6 Å². The van der Waals surface area contributed by atoms with Crippen molar-refractivity contribution in [2.45, 2.75) is 6.61 Å². The second-order valence-electron chi connectivity index (χ2n) is 5.07. The topological polar surface area (TPSA) is 69.2 Å². The average Bonchev–Trinajstić information content (AvgIpc) is 2.64. The SMILES string of the molecule is CNC(=O)/C(=N/OC)c1ccccc1COc1cc(Cl)c(OC)c(Cl)c1. The number of carbonyl (C=O) groups excluding carboxylic acids is 1. The second kappa shape index (κ2) is 9.31. The quantitative estimate of drug-likeness (QED) is 0.572. The van der Waals surface area contributed by atoms with Crippen molar-refractivity contribution in [2.24, 2.45) is 5.16 Å². The fourth-order valence-electron chi connectivity index (χ4n) is 2.28. The normalized spacial score (nSPS) is 11.0. The Morgan fingerprint density at radius 3 is 2.38 bits per heavy atom. The van der Waals surface area contributed by atoms with E-state index < -0.39 is 0 Å². The number of amides is 1. The van der Waals surface area contributed by atoms with Gasteiger partial charge in [-0.15, -0.1) is 0 Å². The van der Waals surface area contributed by atoms with Crippen molar-refractivity contribution in [3.63, 3.8) is 0 Å². The highest BCUT2D eigenvalue weighted by Gasteiger charge is 2.18. The van der Waals surface area contributed by atoms with Gasteiger partial charge in [-0.05, 0) is 5.56 Å². The number of carbonyl (C=O) groups is 1. The summed E-state index contributed by atoms with van der Waals surface area (Å²) in [5.74, 6) is 0.492. The maximum Gasteiger partial charge on any atom is 0.273 e. The van der Waals surface area contributed by atoms with Gasteiger partial charge in [0.15, 0.2) is 11.5 Å². The van der Waals surface area contributed by atoms with Crippen LogP contribution in [-0.2, 0) is 16.2 Å². The number of nitrogens with one attached hydrogen (secondary N) is 1. The number of hydrogen-bond acceptors (Lipinski definition) is 5. The summed E-state index contributed by atoms with van der Waals surface area (Å²) >= 11 is 12.2. The van der Waals surface area contributed by atoms with E-state index in [1.807, 2.05) is 12.1 Å². The minimum atomic E-state index is -0.366. The molecule has 2 rings (SSSR count). The Labute approximate surface area is 161 Å². The molecule has 0 unspecified atom stereocenters. The Hall–Kier alpha value is -2.44. The third kappa shape index (κ3) is 4.59. The van der Waals surface area contributed by atoms with Crippen LogP contribution in [0.1, 0.15) is 11.1 Å². The highest BCUT2D eigenvalue weighted by Crippen LogP contribution is 2.36. The van der Waals surface area contributed by atoms with E-state index in [2.05, 4.69) is 10.5 Å². The number of oxime groups is 1. The smallest absolute Gasteiger partial charge is 0.273 e. The summed E-state index contributed by atoms with van der Waals surface area (Å²) in [5.41, 5.74) is 1.49. The summed E-state index contributed by atoms with van der Waals surface area (Å²) in [4.78, 5) is 16.9. The molecule has 0 aliphatic rings. The molecule has 0 radical (unpaired) electrons. The van der Waals surface area contributed by atoms with E-state index in [1.54, 1.807) is 24.3 Å². The number of ether oxygens (including phenoxy) is 2. The van der Waals surface area contributed by atoms with Gasteiger partial charge in [-0.3, -0.25) is 4.79 Å². The van der Waals surface area contributed by atoms with Crippen molar-refractivity contribution in [1.82, 2.24) is 5.32 Å². The largest absolute Gasteiger partial charge is 0.494 e. The van der Waals surface area contributed by atoms with Gasteiger partial charge in [-0.2, -0.15) is 0 Å². The van der Waals surface area contributed by atoms with Crippen LogP contribution in [0.4, 0.5) is 0 Å². The van der Waals surface area contributed by atoms with Crippen LogP contribution >= 0.6 is 23.2 Å². The van der Waals surface area contributed by atoms with Crippen LogP contribution in [0.3, 0.4) is 0 Å². The molecule has 0 spiro atoms. The van der Waals surface area contributed by atoms with Gasteiger partial charge in [0, 0.05) is 24.7 Å². The molecule has 0 aliphatic heterocycles. The van der Waals surface area contributed by atoms with Gasteiger partial charge in [0.05, 0.1) is 17.2 Å². The lowest BCUT2D eigenvalue weighted by Crippen LogP contribution is -2.29. The number of halogens is 2. The van der Waals surface area contributed by atoms with Gasteiger partial charge >= 0.3 is 0 Å². The van der Waals surface area contributed by atoms with Crippen LogP contribution in [0.25, 0.3) is 0 Å². The summed E-state index contributed by atoms with van der Waals surface area (Å²) < 4.78 is 10.9. The molecular weight excluding hydrogens is 379 g/mol. The predicted molar refractivity (Wildman–Crippen MR) is 101 cm³/mol. The van der Waals surface area contributed by atoms with E-state index >= 15 is 0 Å². The standard InChI is InChI=1S/C18H18Cl2N2O4/c1-21-18(23)16(22-25-3)13-7-5-4-6-11(13)10-26-12-8-14(19)17(24-2)15(20)9-12/h4-9H,10H2,1-3H3,(H,21,23)/b22-16+. The van der Waals surface area contributed by atoms with Gasteiger partial charge in [0.2, 0.25) is 0 Å². The molecule has 0 saturated heterocycles. The number of hydrogen-bond donors (Lipinski definition) is 1. The van der Waals surface area contributed by atoms with E-state index in [0.29, 0.717) is 27.1 Å². The fourth-order valence-corrected chi connectivity index (χ4v) is 2.90. The predicted octanol–water partition coefficient (Wildman–Crippen LogP) is 3.68. The number of benzene rings is 2. The van der Waals surface area contributed by atoms with Gasteiger partial charge in [-0.25, -0.2) is 0 Å². The molecule has 0 saturated carbocycles. The molecule has 0 fully saturated rings. The Balaban J connectivity index is 2.29. The van der Waals surface area contributed by atoms with E-state index in [4.69, 9.17) is 37.5 Å². The number of methoxy groups -OCH3 is 1. The summed E-state index contributed by atoms with van der Waals surface area (Å²) in [6.07, 6.45) is 0. The van der Waals surface area contributed by atoms with Crippen LogP contribution in [0, 0.1) is 0 Å². The first-order valence-electron chi connectivity index (χ1n) is 7.59. The Morgan fingerprint density at radius 2 is 1.81 bits per heavy atom. The first kappa shape index (κ1) is 19.9. The van der Waals surface area contributed by atoms with Crippen LogP contribution in [0.15, 0.2) is 41.6 Å². The molecule has 0 aliphatic carbocycles. The third-order valence-corrected chi connectivity index (χ3v) is 4.03. The van der Waals surface area contributed by atoms with Crippen molar-refractivity contribution in [2.75, 3.05) is 21.3 Å². The first-order valence-corrected chi connectivity index (χ1v) is 8.34. The lowest BCUT2D eigenvalue weighted by molar-refractivity contribution is -0.114. The molecular formula is C18H18Cl2N2O4. The number of nitrogens with zero attached hydrogens (tertiary/aromatic N) is 1. The number of likely N-dealkylation sites (N-methyl/N-ethyl adjacent to an activating group) is 1. The number of rotatable bonds is 7. The molecule has 2 aromatic rings. The van der Waals surface area contributed by atoms with Crippen molar-refractivity contribution in [3.05, 3.63) is 57.6 Å². The minimum absolute atomic E-state index is 0.153. The average molecular weight is 397 g/mol. The summed E-state index contributed by atoms with van der Waals surface area (Å²) in [5, 5.41) is 7.05. The Kier molecular flexibility index (Phi) is 7.12. The molecule has 1 N–H and O–H groups in total. The molecule has 8 heteroatoms. The van der Waals surface area contributed by atoms with Crippen molar-refractivity contribution >= 4 is 34.8 Å². The lowest BCUT2D eigenvalue weighted by Gasteiger charge is -2.13. The van der Waals surface area contributed by atoms with Crippen molar-refractivity contribution < 1.29 is 19.1 Å². The minimum Gasteiger partial charge on any atom is -0.494 e. The van der Waals surface area contributed by atoms with E-state index in [9.17, 15) is 4.79 Å². The molecule has 2 aromatic carbocycles. The van der Waals surface area contributed by atoms with Crippen LogP contribution in [-0.4, -0.2) is 32.9 Å². The maximum atomic E-state index is 12.1. The maximum absolute atomic E-state index is 12.1. The monoisotopic (exact) mass is 396 g/mol. The molecule has 26 heavy (non-hydrogen) atoms. The van der Waals surface area contributed by atoms with E-state index in [1.165, 1.54) is 21.3 Å². The van der Waals surface area contributed by atoms with Gasteiger partial charge in [0.1, 0.15) is 19.5 Å². The molecule has 0 bridgehead atoms. The van der Waals surface area contributed by atoms with Gasteiger partial charge in [-0.1, -0.05) is 52.6 Å². The zero-order chi connectivity index (χ0) is 19.1. The van der Waals surface area contributed by atoms with E-state index in [-0.39, 0.29) is 18.2 Å². The van der Waals surface area contributed by atoms with E-state index in [0.717, 1.165) is 5.56 Å². The lowest BCUT2D eigenvalue weighted by atomic mass is 10.0. The molecule has 1 amide bonds. The summed E-state index contributed by atoms with van der Waals surface area (Å²) in [6, 6.07) is 10.4. The molecule has 0 heterocycles. The molecule has 0 aromatic heterocycles. The zero-order valence-electron chi connectivity index (χ0n) is 14.5. The zero-order valence-corrected chi connectivity index (χ0v) is 16.0. The van der Waals surface area contributed by atoms with Crippen molar-refractivity contribution in [3.8, 4) is 11.5 Å². The Bertz CT molecular complexity index is 802. The fraction of sp³-hybridized carbons (Fsp3) is 0.222. The Morgan fingerprint density at radius 1 is 1.15 bits per heavy atom. The highest BCUT2D eigenvalue weighted by atomic mass is 35.5. The summed E-state index contributed by atoms with van der Waals surface area (Å²) in [6.45, 7) is 0.175. The third-order valence-electron chi connectivity index (χ3n) is 3.47. The second-order valence-corrected chi connectivity index (χ2v) is 5.88. The van der Waals surface area contributed by atoms with Crippen LogP contribution in [0.5, 0.6) is 11.5 Å². The first-order chi connectivity index (χ1) is 12.5. The van der Waals surface area contributed by atoms with Gasteiger partial charge in [0.25, 0.3) is 5.91 Å². The summed E-state index contributed by atoms with van der Waals surface area (Å²) in [7, 11) is 4.39. The molecule has 6 nitrogen and oxygen atoms in total. The van der Waals surface area contributed by atoms with Crippen LogP contribution in [0.2, 0.25) is 10.0 Å². The van der Waals surface area contributed by atoms with Crippen LogP contribution < -0.4 is 14.8 Å². The highest BCUT2D eigenvalue weighted by molar-refractivity contribution is 6.45. The van der Waals surface area contributed by atoms with Crippen molar-refractivity contribution in [1.29, 1.82) is 0 Å². The molecule has 138 valence electrons. The molecule has 0 atom stereocenters.